The molecule has 0 spiro atoms. The smallest absolute Gasteiger partial charge is 0.317 e. The Labute approximate surface area is 161 Å². The molecule has 6 unspecified atom stereocenters. The van der Waals surface area contributed by atoms with Crippen LogP contribution in [0.5, 0.6) is 0 Å². The van der Waals surface area contributed by atoms with Gasteiger partial charge < -0.3 is 9.47 Å². The normalized spacial score (nSPS) is 37.3. The quantitative estimate of drug-likeness (QED) is 0.510. The Morgan fingerprint density at radius 3 is 2.18 bits per heavy atom. The van der Waals surface area contributed by atoms with Crippen LogP contribution in [0.3, 0.4) is 0 Å². The van der Waals surface area contributed by atoms with Gasteiger partial charge in [0.25, 0.3) is 0 Å². The van der Waals surface area contributed by atoms with E-state index >= 15 is 0 Å². The van der Waals surface area contributed by atoms with Crippen LogP contribution in [0.2, 0.25) is 0 Å². The van der Waals surface area contributed by atoms with Gasteiger partial charge in [0.15, 0.2) is 5.78 Å². The van der Waals surface area contributed by atoms with E-state index in [2.05, 4.69) is 4.74 Å². The first-order valence-electron chi connectivity index (χ1n) is 9.85. The summed E-state index contributed by atoms with van der Waals surface area (Å²) in [7, 11) is 0. The maximum absolute atomic E-state index is 12.4. The van der Waals surface area contributed by atoms with Crippen molar-refractivity contribution in [3.63, 3.8) is 0 Å². The first-order valence-corrected chi connectivity index (χ1v) is 9.85. The summed E-state index contributed by atoms with van der Waals surface area (Å²) in [4.78, 5) is 71.7. The summed E-state index contributed by atoms with van der Waals surface area (Å²) < 4.78 is 9.84. The van der Waals surface area contributed by atoms with Gasteiger partial charge in [-0.1, -0.05) is 0 Å². The first kappa shape index (κ1) is 19.0. The molecule has 150 valence electrons. The first-order chi connectivity index (χ1) is 13.3. The van der Waals surface area contributed by atoms with Crippen molar-refractivity contribution in [2.45, 2.75) is 44.9 Å². The summed E-state index contributed by atoms with van der Waals surface area (Å²) in [6, 6.07) is 0. The zero-order valence-corrected chi connectivity index (χ0v) is 15.4. The molecule has 0 radical (unpaired) electrons. The summed E-state index contributed by atoms with van der Waals surface area (Å²) in [5.74, 6) is -4.58. The minimum absolute atomic E-state index is 0.0310. The van der Waals surface area contributed by atoms with Crippen LogP contribution < -0.4 is 0 Å². The Hall–Kier alpha value is -2.38. The number of ketones is 3. The molecule has 4 aliphatic rings. The second-order valence-corrected chi connectivity index (χ2v) is 8.37. The summed E-state index contributed by atoms with van der Waals surface area (Å²) in [6.07, 6.45) is 2.38. The number of carbonyl (C=O) groups is 6. The summed E-state index contributed by atoms with van der Waals surface area (Å²) in [5.41, 5.74) is 0. The molecule has 8 heteroatoms. The molecule has 1 heterocycles. The standard InChI is InChI=1S/C20H22O8/c21-15-7-16(22)13-6-10(2-3-11(13)15)18(24)27-8-17(23)9-1-4-12-14(5-9)20(26)28-19(12)25/h9-14H,1-8H2. The molecule has 3 aliphatic carbocycles. The van der Waals surface area contributed by atoms with E-state index in [-0.39, 0.29) is 42.7 Å². The fraction of sp³-hybridized carbons (Fsp3) is 0.700. The fourth-order valence-corrected chi connectivity index (χ4v) is 5.19. The molecule has 4 fully saturated rings. The molecular weight excluding hydrogens is 368 g/mol. The lowest BCUT2D eigenvalue weighted by atomic mass is 9.74. The van der Waals surface area contributed by atoms with Crippen molar-refractivity contribution in [1.29, 1.82) is 0 Å². The van der Waals surface area contributed by atoms with Crippen LogP contribution in [-0.4, -0.2) is 41.9 Å². The van der Waals surface area contributed by atoms with E-state index in [0.717, 1.165) is 0 Å². The molecule has 28 heavy (non-hydrogen) atoms. The minimum Gasteiger partial charge on any atom is -0.457 e. The maximum atomic E-state index is 12.4. The molecule has 0 N–H and O–H groups in total. The molecule has 1 saturated heterocycles. The van der Waals surface area contributed by atoms with Gasteiger partial charge in [0.05, 0.1) is 24.2 Å². The molecule has 1 aliphatic heterocycles. The molecule has 0 bridgehead atoms. The highest BCUT2D eigenvalue weighted by atomic mass is 16.6. The second kappa shape index (κ2) is 7.22. The molecule has 8 nitrogen and oxygen atoms in total. The van der Waals surface area contributed by atoms with Crippen LogP contribution >= 0.6 is 0 Å². The van der Waals surface area contributed by atoms with E-state index < -0.39 is 47.5 Å². The van der Waals surface area contributed by atoms with Gasteiger partial charge in [-0.3, -0.25) is 28.8 Å². The Kier molecular flexibility index (Phi) is 4.89. The fourth-order valence-electron chi connectivity index (χ4n) is 5.19. The number of ether oxygens (including phenoxy) is 2. The molecule has 0 aromatic heterocycles. The highest BCUT2D eigenvalue weighted by Gasteiger charge is 2.49. The maximum Gasteiger partial charge on any atom is 0.317 e. The van der Waals surface area contributed by atoms with Crippen molar-refractivity contribution in [2.75, 3.05) is 6.61 Å². The lowest BCUT2D eigenvalue weighted by molar-refractivity contribution is -0.156. The van der Waals surface area contributed by atoms with Crippen LogP contribution in [0.25, 0.3) is 0 Å². The topological polar surface area (TPSA) is 121 Å². The molecule has 0 amide bonds. The molecule has 0 aromatic carbocycles. The van der Waals surface area contributed by atoms with E-state index in [1.807, 2.05) is 0 Å². The van der Waals surface area contributed by atoms with Gasteiger partial charge in [-0.2, -0.15) is 0 Å². The molecule has 0 aromatic rings. The number of rotatable bonds is 4. The Morgan fingerprint density at radius 2 is 1.39 bits per heavy atom. The molecular formula is C20H22O8. The molecule has 6 atom stereocenters. The minimum atomic E-state index is -0.577. The number of hydrogen-bond donors (Lipinski definition) is 0. The highest BCUT2D eigenvalue weighted by molar-refractivity contribution is 6.08. The van der Waals surface area contributed by atoms with Crippen molar-refractivity contribution >= 4 is 35.3 Å². The van der Waals surface area contributed by atoms with Crippen LogP contribution in [0.15, 0.2) is 0 Å². The number of esters is 3. The zero-order chi connectivity index (χ0) is 20.0. The number of Topliss-reactive ketones (excluding diaryl/α,β-unsaturated/α-hetero) is 3. The molecule has 3 saturated carbocycles. The van der Waals surface area contributed by atoms with Crippen LogP contribution in [0, 0.1) is 35.5 Å². The Morgan fingerprint density at radius 1 is 0.786 bits per heavy atom. The van der Waals surface area contributed by atoms with Crippen molar-refractivity contribution in [3.05, 3.63) is 0 Å². The average molecular weight is 390 g/mol. The third-order valence-electron chi connectivity index (χ3n) is 6.83. The van der Waals surface area contributed by atoms with E-state index in [0.29, 0.717) is 32.1 Å². The van der Waals surface area contributed by atoms with Gasteiger partial charge in [-0.15, -0.1) is 0 Å². The van der Waals surface area contributed by atoms with Crippen molar-refractivity contribution in [3.8, 4) is 0 Å². The highest BCUT2D eigenvalue weighted by Crippen LogP contribution is 2.41. The predicted octanol–water partition coefficient (Wildman–Crippen LogP) is 0.789. The van der Waals surface area contributed by atoms with Gasteiger partial charge in [0.2, 0.25) is 0 Å². The van der Waals surface area contributed by atoms with E-state index in [1.54, 1.807) is 0 Å². The number of cyclic esters (lactones) is 2. The van der Waals surface area contributed by atoms with E-state index in [9.17, 15) is 28.8 Å². The van der Waals surface area contributed by atoms with Crippen LogP contribution in [0.1, 0.15) is 44.9 Å². The molecule has 4 rings (SSSR count). The van der Waals surface area contributed by atoms with Gasteiger partial charge in [0, 0.05) is 17.8 Å². The third-order valence-corrected chi connectivity index (χ3v) is 6.83. The lowest BCUT2D eigenvalue weighted by Crippen LogP contribution is -2.35. The number of fused-ring (bicyclic) bond motifs is 2. The number of hydrogen-bond acceptors (Lipinski definition) is 8. The monoisotopic (exact) mass is 390 g/mol. The third kappa shape index (κ3) is 3.29. The Balaban J connectivity index is 1.28. The van der Waals surface area contributed by atoms with Gasteiger partial charge in [0.1, 0.15) is 18.2 Å². The van der Waals surface area contributed by atoms with E-state index in [4.69, 9.17) is 4.74 Å². The van der Waals surface area contributed by atoms with Gasteiger partial charge in [-0.05, 0) is 38.5 Å². The summed E-state index contributed by atoms with van der Waals surface area (Å²) >= 11 is 0. The van der Waals surface area contributed by atoms with Crippen molar-refractivity contribution < 1.29 is 38.2 Å². The largest absolute Gasteiger partial charge is 0.457 e. The Bertz CT molecular complexity index is 704. The SMILES string of the molecule is O=C(COC(=O)C1CCC2C(=O)CC(=O)C2C1)C1CCC2C(=O)OC(=O)C2C1. The second-order valence-electron chi connectivity index (χ2n) is 8.37. The van der Waals surface area contributed by atoms with Crippen LogP contribution in [-0.2, 0) is 38.2 Å². The lowest BCUT2D eigenvalue weighted by Gasteiger charge is -2.29. The van der Waals surface area contributed by atoms with Gasteiger partial charge >= 0.3 is 17.9 Å². The average Bonchev–Trinajstić information content (AvgIpc) is 3.14. The summed E-state index contributed by atoms with van der Waals surface area (Å²) in [5, 5.41) is 0. The number of carbonyl (C=O) groups excluding carboxylic acids is 6. The van der Waals surface area contributed by atoms with Crippen LogP contribution in [0.4, 0.5) is 0 Å². The van der Waals surface area contributed by atoms with Crippen molar-refractivity contribution in [2.24, 2.45) is 35.5 Å². The van der Waals surface area contributed by atoms with Crippen molar-refractivity contribution in [1.82, 2.24) is 0 Å². The van der Waals surface area contributed by atoms with E-state index in [1.165, 1.54) is 0 Å². The predicted molar refractivity (Wildman–Crippen MR) is 90.3 cm³/mol. The summed E-state index contributed by atoms with van der Waals surface area (Å²) in [6.45, 7) is -0.374. The van der Waals surface area contributed by atoms with Gasteiger partial charge in [-0.25, -0.2) is 0 Å². The zero-order valence-electron chi connectivity index (χ0n) is 15.4.